The zero-order chi connectivity index (χ0) is 68.9. The van der Waals surface area contributed by atoms with Gasteiger partial charge in [-0.15, -0.1) is 0 Å². The molecule has 0 aliphatic rings. The van der Waals surface area contributed by atoms with Gasteiger partial charge in [-0.2, -0.15) is 0 Å². The quantitative estimate of drug-likeness (QED) is 0.0222. The van der Waals surface area contributed by atoms with E-state index in [1.807, 2.05) is 0 Å². The molecule has 0 fully saturated rings. The highest BCUT2D eigenvalue weighted by Gasteiger charge is 2.30. The van der Waals surface area contributed by atoms with Crippen LogP contribution in [0, 0.1) is 23.7 Å². The predicted molar refractivity (Wildman–Crippen MR) is 377 cm³/mol. The lowest BCUT2D eigenvalue weighted by Gasteiger charge is -2.21. The largest absolute Gasteiger partial charge is 0.472 e. The van der Waals surface area contributed by atoms with E-state index in [2.05, 4.69) is 55.4 Å². The van der Waals surface area contributed by atoms with Crippen LogP contribution < -0.4 is 0 Å². The van der Waals surface area contributed by atoms with Gasteiger partial charge in [-0.25, -0.2) is 9.13 Å². The average molecular weight is 1370 g/mol. The van der Waals surface area contributed by atoms with E-state index in [0.29, 0.717) is 31.6 Å². The van der Waals surface area contributed by atoms with Crippen molar-refractivity contribution in [2.75, 3.05) is 39.6 Å². The highest BCUT2D eigenvalue weighted by atomic mass is 31.2. The topological polar surface area (TPSA) is 237 Å². The number of aliphatic hydroxyl groups excluding tert-OH is 1. The predicted octanol–water partition coefficient (Wildman–Crippen LogP) is 21.3. The van der Waals surface area contributed by atoms with Crippen LogP contribution in [0.2, 0.25) is 0 Å². The van der Waals surface area contributed by atoms with Crippen LogP contribution >= 0.6 is 15.6 Å². The molecule has 0 radical (unpaired) electrons. The third-order valence-corrected chi connectivity index (χ3v) is 19.3. The molecule has 0 amide bonds. The molecule has 0 aromatic carbocycles. The number of hydrogen-bond acceptors (Lipinski definition) is 15. The van der Waals surface area contributed by atoms with Gasteiger partial charge in [-0.05, 0) is 49.4 Å². The zero-order valence-electron chi connectivity index (χ0n) is 60.9. The number of unbranched alkanes of at least 4 members (excludes halogenated alkanes) is 36. The van der Waals surface area contributed by atoms with Gasteiger partial charge in [0.25, 0.3) is 0 Å². The molecule has 0 spiro atoms. The molecule has 0 aliphatic carbocycles. The van der Waals surface area contributed by atoms with Crippen molar-refractivity contribution in [3.8, 4) is 0 Å². The molecule has 19 heteroatoms. The Hall–Kier alpha value is -1.94. The van der Waals surface area contributed by atoms with Crippen LogP contribution in [-0.2, 0) is 65.4 Å². The van der Waals surface area contributed by atoms with E-state index in [1.54, 1.807) is 0 Å². The molecule has 0 bridgehead atoms. The summed E-state index contributed by atoms with van der Waals surface area (Å²) in [6, 6.07) is 0. The van der Waals surface area contributed by atoms with E-state index >= 15 is 0 Å². The zero-order valence-corrected chi connectivity index (χ0v) is 62.7. The van der Waals surface area contributed by atoms with Crippen LogP contribution in [-0.4, -0.2) is 96.7 Å². The van der Waals surface area contributed by atoms with Crippen molar-refractivity contribution < 1.29 is 80.2 Å². The second-order valence-electron chi connectivity index (χ2n) is 28.4. The van der Waals surface area contributed by atoms with Crippen molar-refractivity contribution in [1.82, 2.24) is 0 Å². The summed E-state index contributed by atoms with van der Waals surface area (Å²) >= 11 is 0. The number of aliphatic hydroxyl groups is 1. The minimum atomic E-state index is -4.95. The first-order valence-electron chi connectivity index (χ1n) is 38.2. The number of ether oxygens (including phenoxy) is 4. The number of esters is 4. The average Bonchev–Trinajstić information content (AvgIpc) is 2.25. The lowest BCUT2D eigenvalue weighted by Crippen LogP contribution is -2.30. The van der Waals surface area contributed by atoms with Crippen LogP contribution in [0.1, 0.15) is 370 Å². The Morgan fingerprint density at radius 1 is 0.301 bits per heavy atom. The summed E-state index contributed by atoms with van der Waals surface area (Å²) in [5, 5.41) is 10.6. The van der Waals surface area contributed by atoms with E-state index in [0.717, 1.165) is 114 Å². The van der Waals surface area contributed by atoms with Crippen LogP contribution in [0.5, 0.6) is 0 Å². The molecule has 6 atom stereocenters. The summed E-state index contributed by atoms with van der Waals surface area (Å²) in [4.78, 5) is 72.7. The fourth-order valence-corrected chi connectivity index (χ4v) is 12.7. The van der Waals surface area contributed by atoms with E-state index in [9.17, 15) is 43.2 Å². The lowest BCUT2D eigenvalue weighted by atomic mass is 9.99. The molecule has 0 heterocycles. The van der Waals surface area contributed by atoms with Gasteiger partial charge in [0.1, 0.15) is 19.3 Å². The molecular formula is C74H144O17P2. The summed E-state index contributed by atoms with van der Waals surface area (Å²) < 4.78 is 68.4. The summed E-state index contributed by atoms with van der Waals surface area (Å²) in [6.07, 6.45) is 47.4. The van der Waals surface area contributed by atoms with Gasteiger partial charge in [0.2, 0.25) is 0 Å². The molecule has 0 aromatic heterocycles. The molecule has 3 N–H and O–H groups in total. The molecule has 0 aliphatic heterocycles. The van der Waals surface area contributed by atoms with Crippen molar-refractivity contribution in [3.05, 3.63) is 0 Å². The molecule has 4 unspecified atom stereocenters. The van der Waals surface area contributed by atoms with E-state index < -0.39 is 97.5 Å². The second kappa shape index (κ2) is 63.5. The van der Waals surface area contributed by atoms with Crippen molar-refractivity contribution in [2.24, 2.45) is 23.7 Å². The third kappa shape index (κ3) is 67.0. The Bertz CT molecular complexity index is 1840. The van der Waals surface area contributed by atoms with Crippen LogP contribution in [0.4, 0.5) is 0 Å². The summed E-state index contributed by atoms with van der Waals surface area (Å²) in [5.41, 5.74) is 0. The number of phosphoric acid groups is 2. The van der Waals surface area contributed by atoms with Crippen molar-refractivity contribution >= 4 is 39.5 Å². The first-order chi connectivity index (χ1) is 44.6. The number of phosphoric ester groups is 2. The van der Waals surface area contributed by atoms with Gasteiger partial charge in [0.15, 0.2) is 12.2 Å². The van der Waals surface area contributed by atoms with Gasteiger partial charge in [0.05, 0.1) is 26.4 Å². The Labute approximate surface area is 568 Å². The summed E-state index contributed by atoms with van der Waals surface area (Å²) in [6.45, 7) is 14.1. The van der Waals surface area contributed by atoms with Crippen molar-refractivity contribution in [1.29, 1.82) is 0 Å². The fourth-order valence-electron chi connectivity index (χ4n) is 11.2. The van der Waals surface area contributed by atoms with Gasteiger partial charge >= 0.3 is 39.5 Å². The van der Waals surface area contributed by atoms with Gasteiger partial charge in [-0.1, -0.05) is 319 Å². The minimum Gasteiger partial charge on any atom is -0.462 e. The Morgan fingerprint density at radius 3 is 0.763 bits per heavy atom. The summed E-state index contributed by atoms with van der Waals surface area (Å²) in [5.74, 6) is 0.889. The van der Waals surface area contributed by atoms with Crippen molar-refractivity contribution in [3.63, 3.8) is 0 Å². The Morgan fingerprint density at radius 2 is 0.516 bits per heavy atom. The maximum Gasteiger partial charge on any atom is 0.472 e. The Balaban J connectivity index is 5.19. The maximum atomic E-state index is 13.0. The number of rotatable bonds is 71. The molecule has 0 saturated heterocycles. The van der Waals surface area contributed by atoms with Crippen LogP contribution in [0.25, 0.3) is 0 Å². The molecule has 17 nitrogen and oxygen atoms in total. The SMILES string of the molecule is CCC(C)CCCCCCCCCCCCC(=O)OC[C@H](COP(=O)(O)OCC(O)COP(=O)(O)OC[C@@H](COC(=O)CCCCCCCCC(C)C)OC(=O)CCCCCCCCCCCCCCCCCCC(C)C)OC(=O)CCCCCCCCCCC(C)C. The number of carbonyl (C=O) groups excluding carboxylic acids is 4. The number of hydrogen-bond donors (Lipinski definition) is 3. The van der Waals surface area contributed by atoms with Gasteiger partial charge in [-0.3, -0.25) is 37.3 Å². The Kier molecular flexibility index (Phi) is 62.2. The molecule has 0 aromatic rings. The fraction of sp³-hybridized carbons (Fsp3) is 0.946. The minimum absolute atomic E-state index is 0.104. The lowest BCUT2D eigenvalue weighted by molar-refractivity contribution is -0.161. The highest BCUT2D eigenvalue weighted by molar-refractivity contribution is 7.47. The standard InChI is InChI=1S/C74H144O17P2/c1-9-67(8)53-45-37-28-21-18-19-22-29-38-46-54-71(76)84-60-69(91-74(79)57-49-41-31-25-24-27-35-43-51-65(4)5)62-88-92(80,81)86-58-68(75)59-87-93(82,83)89-63-70(61-85-72(77)55-47-39-33-32-36-44-52-66(6)7)90-73(78)56-48-40-30-23-17-15-13-11-10-12-14-16-20-26-34-42-50-64(2)3/h64-70,75H,9-63H2,1-8H3,(H,80,81)(H,82,83)/t67?,68?,69-,70-/m1/s1. The van der Waals surface area contributed by atoms with Crippen LogP contribution in [0.15, 0.2) is 0 Å². The van der Waals surface area contributed by atoms with Crippen LogP contribution in [0.3, 0.4) is 0 Å². The molecule has 0 rings (SSSR count). The van der Waals surface area contributed by atoms with E-state index in [-0.39, 0.29) is 25.7 Å². The molecular weight excluding hydrogens is 1220 g/mol. The number of carbonyl (C=O) groups is 4. The second-order valence-corrected chi connectivity index (χ2v) is 31.3. The smallest absolute Gasteiger partial charge is 0.462 e. The van der Waals surface area contributed by atoms with E-state index in [1.165, 1.54) is 167 Å². The summed E-state index contributed by atoms with van der Waals surface area (Å²) in [7, 11) is -9.91. The first kappa shape index (κ1) is 91.1. The molecule has 552 valence electrons. The van der Waals surface area contributed by atoms with Gasteiger partial charge < -0.3 is 33.8 Å². The third-order valence-electron chi connectivity index (χ3n) is 17.4. The highest BCUT2D eigenvalue weighted by Crippen LogP contribution is 2.45. The van der Waals surface area contributed by atoms with Crippen molar-refractivity contribution in [2.45, 2.75) is 388 Å². The van der Waals surface area contributed by atoms with Gasteiger partial charge in [0, 0.05) is 25.7 Å². The monoisotopic (exact) mass is 1370 g/mol. The molecule has 0 saturated carbocycles. The normalized spacial score (nSPS) is 14.5. The first-order valence-corrected chi connectivity index (χ1v) is 41.2. The molecule has 93 heavy (non-hydrogen) atoms. The maximum absolute atomic E-state index is 13.0. The van der Waals surface area contributed by atoms with E-state index in [4.69, 9.17) is 37.0 Å².